The Morgan fingerprint density at radius 1 is 1.23 bits per heavy atom. The fourth-order valence-corrected chi connectivity index (χ4v) is 3.02. The number of hydrogen-bond acceptors (Lipinski definition) is 5. The first-order valence-electron chi connectivity index (χ1n) is 7.65. The summed E-state index contributed by atoms with van der Waals surface area (Å²) in [5, 5.41) is 0. The van der Waals surface area contributed by atoms with Gasteiger partial charge in [-0.2, -0.15) is 8.42 Å². The molecular formula is C16H24O5S. The van der Waals surface area contributed by atoms with Crippen LogP contribution in [0.1, 0.15) is 40.0 Å². The Kier molecular flexibility index (Phi) is 5.47. The van der Waals surface area contributed by atoms with Crippen LogP contribution in [0.3, 0.4) is 0 Å². The molecule has 1 aliphatic rings. The molecule has 1 aromatic carbocycles. The zero-order chi connectivity index (χ0) is 16.2. The fraction of sp³-hybridized carbons (Fsp3) is 0.625. The summed E-state index contributed by atoms with van der Waals surface area (Å²) in [6, 6.07) is 6.31. The Morgan fingerprint density at radius 2 is 1.86 bits per heavy atom. The standard InChI is InChI=1S/C16H24O5S/c1-4-5-6-11-20-22(17,18)14-9-7-13(8-10-14)21-16(2,3)15-12-19-15/h7-10,15H,4-6,11-12H2,1-3H3. The van der Waals surface area contributed by atoms with Crippen LogP contribution in [0.2, 0.25) is 0 Å². The second kappa shape index (κ2) is 6.98. The monoisotopic (exact) mass is 328 g/mol. The second-order valence-electron chi connectivity index (χ2n) is 5.98. The van der Waals surface area contributed by atoms with E-state index in [4.69, 9.17) is 13.7 Å². The number of unbranched alkanes of at least 4 members (excludes halogenated alkanes) is 2. The van der Waals surface area contributed by atoms with Crippen molar-refractivity contribution < 1.29 is 22.1 Å². The Bertz CT molecular complexity index is 573. The van der Waals surface area contributed by atoms with Crippen molar-refractivity contribution in [1.29, 1.82) is 0 Å². The molecule has 0 N–H and O–H groups in total. The van der Waals surface area contributed by atoms with Crippen LogP contribution in [0.4, 0.5) is 0 Å². The third-order valence-electron chi connectivity index (χ3n) is 3.59. The molecule has 0 spiro atoms. The Morgan fingerprint density at radius 3 is 2.41 bits per heavy atom. The molecule has 124 valence electrons. The third kappa shape index (κ3) is 4.69. The molecule has 1 heterocycles. The van der Waals surface area contributed by atoms with Gasteiger partial charge in [-0.3, -0.25) is 4.18 Å². The van der Waals surface area contributed by atoms with Crippen molar-refractivity contribution in [2.24, 2.45) is 0 Å². The van der Waals surface area contributed by atoms with Crippen molar-refractivity contribution in [3.05, 3.63) is 24.3 Å². The van der Waals surface area contributed by atoms with Crippen molar-refractivity contribution >= 4 is 10.1 Å². The Hall–Kier alpha value is -1.11. The second-order valence-corrected chi connectivity index (χ2v) is 7.60. The molecule has 2 rings (SSSR count). The molecule has 1 unspecified atom stereocenters. The zero-order valence-corrected chi connectivity index (χ0v) is 14.2. The normalized spacial score (nSPS) is 18.2. The SMILES string of the molecule is CCCCCOS(=O)(=O)c1ccc(OC(C)(C)C2CO2)cc1. The summed E-state index contributed by atoms with van der Waals surface area (Å²) < 4.78 is 40.2. The van der Waals surface area contributed by atoms with E-state index in [1.54, 1.807) is 12.1 Å². The highest BCUT2D eigenvalue weighted by Gasteiger charge is 2.41. The van der Waals surface area contributed by atoms with Crippen molar-refractivity contribution in [2.45, 2.75) is 56.6 Å². The van der Waals surface area contributed by atoms with E-state index in [1.165, 1.54) is 12.1 Å². The molecule has 22 heavy (non-hydrogen) atoms. The van der Waals surface area contributed by atoms with Crippen LogP contribution in [0.25, 0.3) is 0 Å². The van der Waals surface area contributed by atoms with Crippen molar-refractivity contribution in [1.82, 2.24) is 0 Å². The smallest absolute Gasteiger partial charge is 0.296 e. The van der Waals surface area contributed by atoms with E-state index < -0.39 is 15.7 Å². The molecule has 1 aliphatic heterocycles. The van der Waals surface area contributed by atoms with Gasteiger partial charge in [0.15, 0.2) is 0 Å². The third-order valence-corrected chi connectivity index (χ3v) is 4.91. The summed E-state index contributed by atoms with van der Waals surface area (Å²) >= 11 is 0. The zero-order valence-electron chi connectivity index (χ0n) is 13.4. The lowest BCUT2D eigenvalue weighted by Crippen LogP contribution is -2.34. The van der Waals surface area contributed by atoms with Gasteiger partial charge in [-0.1, -0.05) is 19.8 Å². The molecule has 0 amide bonds. The average molecular weight is 328 g/mol. The van der Waals surface area contributed by atoms with Gasteiger partial charge in [-0.05, 0) is 44.5 Å². The van der Waals surface area contributed by atoms with Gasteiger partial charge in [-0.25, -0.2) is 0 Å². The van der Waals surface area contributed by atoms with Gasteiger partial charge in [0.1, 0.15) is 17.5 Å². The average Bonchev–Trinajstić information content (AvgIpc) is 3.29. The van der Waals surface area contributed by atoms with Crippen molar-refractivity contribution in [2.75, 3.05) is 13.2 Å². The summed E-state index contributed by atoms with van der Waals surface area (Å²) in [4.78, 5) is 0.150. The summed E-state index contributed by atoms with van der Waals surface area (Å²) in [5.41, 5.74) is -0.420. The molecule has 0 aliphatic carbocycles. The molecular weight excluding hydrogens is 304 g/mol. The molecule has 1 atom stereocenters. The molecule has 1 saturated heterocycles. The number of epoxide rings is 1. The van der Waals surface area contributed by atoms with Gasteiger partial charge in [0.2, 0.25) is 0 Å². The maximum atomic E-state index is 12.0. The molecule has 6 heteroatoms. The molecule has 0 aromatic heterocycles. The number of rotatable bonds is 9. The molecule has 1 fully saturated rings. The lowest BCUT2D eigenvalue weighted by Gasteiger charge is -2.24. The summed E-state index contributed by atoms with van der Waals surface area (Å²) in [6.07, 6.45) is 2.82. The summed E-state index contributed by atoms with van der Waals surface area (Å²) in [6.45, 7) is 6.88. The Balaban J connectivity index is 1.95. The first-order chi connectivity index (χ1) is 10.3. The minimum Gasteiger partial charge on any atom is -0.485 e. The molecule has 0 bridgehead atoms. The van der Waals surface area contributed by atoms with Crippen molar-refractivity contribution in [3.8, 4) is 5.75 Å². The van der Waals surface area contributed by atoms with Gasteiger partial charge in [0, 0.05) is 0 Å². The van der Waals surface area contributed by atoms with Crippen LogP contribution >= 0.6 is 0 Å². The number of benzene rings is 1. The predicted molar refractivity (Wildman–Crippen MR) is 83.6 cm³/mol. The van der Waals surface area contributed by atoms with E-state index in [0.717, 1.165) is 19.3 Å². The maximum Gasteiger partial charge on any atom is 0.296 e. The number of hydrogen-bond donors (Lipinski definition) is 0. The van der Waals surface area contributed by atoms with E-state index in [0.29, 0.717) is 12.4 Å². The van der Waals surface area contributed by atoms with Gasteiger partial charge in [-0.15, -0.1) is 0 Å². The van der Waals surface area contributed by atoms with Gasteiger partial charge >= 0.3 is 0 Å². The highest BCUT2D eigenvalue weighted by atomic mass is 32.2. The van der Waals surface area contributed by atoms with Crippen molar-refractivity contribution in [3.63, 3.8) is 0 Å². The lowest BCUT2D eigenvalue weighted by atomic mass is 10.1. The van der Waals surface area contributed by atoms with E-state index in [1.807, 2.05) is 13.8 Å². The lowest BCUT2D eigenvalue weighted by molar-refractivity contribution is 0.0743. The van der Waals surface area contributed by atoms with E-state index >= 15 is 0 Å². The highest BCUT2D eigenvalue weighted by Crippen LogP contribution is 2.30. The summed E-state index contributed by atoms with van der Waals surface area (Å²) in [7, 11) is -3.69. The topological polar surface area (TPSA) is 65.1 Å². The van der Waals surface area contributed by atoms with E-state index in [2.05, 4.69) is 6.92 Å². The van der Waals surface area contributed by atoms with Gasteiger partial charge < -0.3 is 9.47 Å². The van der Waals surface area contributed by atoms with Gasteiger partial charge in [0.25, 0.3) is 10.1 Å². The fourth-order valence-electron chi connectivity index (χ4n) is 2.08. The predicted octanol–water partition coefficient (Wildman–Crippen LogP) is 3.14. The quantitative estimate of drug-likeness (QED) is 0.396. The van der Waals surface area contributed by atoms with Crippen LogP contribution < -0.4 is 4.74 Å². The minimum atomic E-state index is -3.69. The molecule has 0 saturated carbocycles. The maximum absolute atomic E-state index is 12.0. The van der Waals surface area contributed by atoms with E-state index in [9.17, 15) is 8.42 Å². The molecule has 0 radical (unpaired) electrons. The highest BCUT2D eigenvalue weighted by molar-refractivity contribution is 7.86. The molecule has 5 nitrogen and oxygen atoms in total. The minimum absolute atomic E-state index is 0.0952. The van der Waals surface area contributed by atoms with Crippen LogP contribution in [-0.2, 0) is 19.0 Å². The largest absolute Gasteiger partial charge is 0.485 e. The van der Waals surface area contributed by atoms with Gasteiger partial charge in [0.05, 0.1) is 18.1 Å². The first-order valence-corrected chi connectivity index (χ1v) is 9.06. The Labute approximate surface area is 132 Å². The van der Waals surface area contributed by atoms with Crippen LogP contribution in [0.15, 0.2) is 29.2 Å². The summed E-state index contributed by atoms with van der Waals surface area (Å²) in [5.74, 6) is 0.616. The first kappa shape index (κ1) is 17.2. The van der Waals surface area contributed by atoms with Crippen LogP contribution in [0, 0.1) is 0 Å². The van der Waals surface area contributed by atoms with E-state index in [-0.39, 0.29) is 17.6 Å². The number of ether oxygens (including phenoxy) is 2. The van der Waals surface area contributed by atoms with Crippen LogP contribution in [0.5, 0.6) is 5.75 Å². The molecule has 1 aromatic rings. The van der Waals surface area contributed by atoms with Crippen LogP contribution in [-0.4, -0.2) is 33.3 Å².